The highest BCUT2D eigenvalue weighted by Crippen LogP contribution is 2.43. The molecule has 3 aromatic rings. The monoisotopic (exact) mass is 440 g/mol. The molecule has 146 valence electrons. The molecule has 0 radical (unpaired) electrons. The van der Waals surface area contributed by atoms with Gasteiger partial charge in [-0.15, -0.1) is 0 Å². The average Bonchev–Trinajstić information content (AvgIpc) is 2.76. The van der Waals surface area contributed by atoms with Gasteiger partial charge >= 0.3 is 0 Å². The van der Waals surface area contributed by atoms with Gasteiger partial charge < -0.3 is 14.9 Å². The van der Waals surface area contributed by atoms with Crippen molar-refractivity contribution in [1.29, 1.82) is 0 Å². The molecule has 0 saturated carbocycles. The lowest BCUT2D eigenvalue weighted by molar-refractivity contribution is -0.116. The lowest BCUT2D eigenvalue weighted by Gasteiger charge is -2.40. The Morgan fingerprint density at radius 2 is 1.43 bits per heavy atom. The van der Waals surface area contributed by atoms with E-state index >= 15 is 0 Å². The van der Waals surface area contributed by atoms with Crippen LogP contribution in [0.5, 0.6) is 0 Å². The number of aliphatic hydroxyl groups is 2. The van der Waals surface area contributed by atoms with Crippen LogP contribution in [0.25, 0.3) is 0 Å². The van der Waals surface area contributed by atoms with E-state index < -0.39 is 5.60 Å². The Kier molecular flexibility index (Phi) is 7.40. The first-order chi connectivity index (χ1) is 13.7. The zero-order chi connectivity index (χ0) is 19.8. The van der Waals surface area contributed by atoms with Crippen molar-refractivity contribution in [1.82, 2.24) is 0 Å². The fraction of sp³-hybridized carbons (Fsp3) is 0.250. The average molecular weight is 441 g/mol. The molecule has 4 heteroatoms. The van der Waals surface area contributed by atoms with Crippen LogP contribution < -0.4 is 0 Å². The number of hydrogen-bond donors (Lipinski definition) is 2. The molecule has 0 aliphatic carbocycles. The minimum Gasteiger partial charge on any atom is -0.396 e. The molecule has 0 amide bonds. The first-order valence-corrected chi connectivity index (χ1v) is 10.2. The van der Waals surface area contributed by atoms with Gasteiger partial charge in [0.15, 0.2) is 0 Å². The topological polar surface area (TPSA) is 49.7 Å². The lowest BCUT2D eigenvalue weighted by Crippen LogP contribution is -2.41. The normalized spacial score (nSPS) is 14.4. The molecule has 0 aliphatic heterocycles. The van der Waals surface area contributed by atoms with Crippen LogP contribution in [-0.2, 0) is 16.9 Å². The van der Waals surface area contributed by atoms with E-state index in [2.05, 4.69) is 15.9 Å². The SMILES string of the molecule is OCCC(c1ccccc1)C(CO)(OCc1ccccc1)c1ccc(Br)cc1. The molecule has 3 rings (SSSR count). The number of benzene rings is 3. The van der Waals surface area contributed by atoms with Gasteiger partial charge in [-0.25, -0.2) is 0 Å². The van der Waals surface area contributed by atoms with E-state index in [1.54, 1.807) is 0 Å². The summed E-state index contributed by atoms with van der Waals surface area (Å²) in [6.45, 7) is 0.180. The summed E-state index contributed by atoms with van der Waals surface area (Å²) in [5, 5.41) is 20.4. The minimum atomic E-state index is -0.972. The second-order valence-corrected chi connectivity index (χ2v) is 7.72. The standard InChI is InChI=1S/C24H25BrO3/c25-22-13-11-21(12-14-22)24(18-27,28-17-19-7-3-1-4-8-19)23(15-16-26)20-9-5-2-6-10-20/h1-14,23,26-27H,15-18H2. The van der Waals surface area contributed by atoms with Gasteiger partial charge in [-0.2, -0.15) is 0 Å². The van der Waals surface area contributed by atoms with E-state index in [0.717, 1.165) is 21.2 Å². The van der Waals surface area contributed by atoms with Gasteiger partial charge in [0.25, 0.3) is 0 Å². The molecular weight excluding hydrogens is 416 g/mol. The van der Waals surface area contributed by atoms with E-state index in [1.807, 2.05) is 84.9 Å². The number of rotatable bonds is 9. The van der Waals surface area contributed by atoms with Crippen molar-refractivity contribution < 1.29 is 14.9 Å². The van der Waals surface area contributed by atoms with Crippen molar-refractivity contribution in [2.45, 2.75) is 24.5 Å². The molecule has 0 aromatic heterocycles. The number of ether oxygens (including phenoxy) is 1. The maximum Gasteiger partial charge on any atom is 0.123 e. The molecule has 3 aromatic carbocycles. The summed E-state index contributed by atoms with van der Waals surface area (Å²) in [6.07, 6.45) is 0.482. The first-order valence-electron chi connectivity index (χ1n) is 9.40. The summed E-state index contributed by atoms with van der Waals surface area (Å²) in [4.78, 5) is 0. The van der Waals surface area contributed by atoms with Gasteiger partial charge in [0, 0.05) is 17.0 Å². The van der Waals surface area contributed by atoms with E-state index in [9.17, 15) is 10.2 Å². The van der Waals surface area contributed by atoms with Crippen molar-refractivity contribution in [3.05, 3.63) is 106 Å². The van der Waals surface area contributed by atoms with Crippen LogP contribution >= 0.6 is 15.9 Å². The van der Waals surface area contributed by atoms with Crippen molar-refractivity contribution >= 4 is 15.9 Å². The summed E-state index contributed by atoms with van der Waals surface area (Å²) in [5.74, 6) is -0.200. The molecule has 0 heterocycles. The highest BCUT2D eigenvalue weighted by atomic mass is 79.9. The largest absolute Gasteiger partial charge is 0.396 e. The fourth-order valence-corrected chi connectivity index (χ4v) is 3.90. The third-order valence-corrected chi connectivity index (χ3v) is 5.62. The predicted octanol–water partition coefficient (Wildman–Crippen LogP) is 5.02. The second kappa shape index (κ2) is 9.99. The van der Waals surface area contributed by atoms with Crippen LogP contribution in [0.4, 0.5) is 0 Å². The van der Waals surface area contributed by atoms with Gasteiger partial charge in [0.1, 0.15) is 5.60 Å². The van der Waals surface area contributed by atoms with Gasteiger partial charge in [0.2, 0.25) is 0 Å². The van der Waals surface area contributed by atoms with Crippen LogP contribution in [0.15, 0.2) is 89.4 Å². The summed E-state index contributed by atoms with van der Waals surface area (Å²) >= 11 is 3.48. The summed E-state index contributed by atoms with van der Waals surface area (Å²) in [7, 11) is 0. The first kappa shape index (κ1) is 20.7. The third kappa shape index (κ3) is 4.70. The Bertz CT molecular complexity index is 837. The molecule has 2 unspecified atom stereocenters. The minimum absolute atomic E-state index is 0.00648. The Morgan fingerprint density at radius 1 is 0.821 bits per heavy atom. The van der Waals surface area contributed by atoms with Gasteiger partial charge in [-0.1, -0.05) is 88.7 Å². The van der Waals surface area contributed by atoms with Crippen molar-refractivity contribution in [3.63, 3.8) is 0 Å². The second-order valence-electron chi connectivity index (χ2n) is 6.80. The maximum atomic E-state index is 10.6. The smallest absolute Gasteiger partial charge is 0.123 e. The molecule has 0 fully saturated rings. The summed E-state index contributed by atoms with van der Waals surface area (Å²) in [5.41, 5.74) is 1.98. The van der Waals surface area contributed by atoms with Crippen LogP contribution in [0.3, 0.4) is 0 Å². The lowest BCUT2D eigenvalue weighted by atomic mass is 9.75. The number of aliphatic hydroxyl groups excluding tert-OH is 2. The van der Waals surface area contributed by atoms with E-state index in [-0.39, 0.29) is 19.1 Å². The number of hydrogen-bond acceptors (Lipinski definition) is 3. The van der Waals surface area contributed by atoms with Gasteiger partial charge in [0.05, 0.1) is 13.2 Å². The van der Waals surface area contributed by atoms with E-state index in [4.69, 9.17) is 4.74 Å². The van der Waals surface area contributed by atoms with Crippen LogP contribution in [0, 0.1) is 0 Å². The maximum absolute atomic E-state index is 10.6. The van der Waals surface area contributed by atoms with Gasteiger partial charge in [-0.05, 0) is 35.2 Å². The summed E-state index contributed by atoms with van der Waals surface area (Å²) < 4.78 is 7.45. The molecule has 2 N–H and O–H groups in total. The Balaban J connectivity index is 2.06. The van der Waals surface area contributed by atoms with Gasteiger partial charge in [-0.3, -0.25) is 0 Å². The third-order valence-electron chi connectivity index (χ3n) is 5.09. The molecule has 2 atom stereocenters. The zero-order valence-electron chi connectivity index (χ0n) is 15.7. The Morgan fingerprint density at radius 3 is 2.00 bits per heavy atom. The Hall–Kier alpha value is -1.98. The predicted molar refractivity (Wildman–Crippen MR) is 115 cm³/mol. The summed E-state index contributed by atoms with van der Waals surface area (Å²) in [6, 6.07) is 27.7. The van der Waals surface area contributed by atoms with E-state index in [1.165, 1.54) is 0 Å². The van der Waals surface area contributed by atoms with Crippen LogP contribution in [0.1, 0.15) is 29.0 Å². The molecule has 28 heavy (non-hydrogen) atoms. The van der Waals surface area contributed by atoms with E-state index in [0.29, 0.717) is 13.0 Å². The quantitative estimate of drug-likeness (QED) is 0.490. The van der Waals surface area contributed by atoms with Crippen molar-refractivity contribution in [2.75, 3.05) is 13.2 Å². The van der Waals surface area contributed by atoms with Crippen molar-refractivity contribution in [2.24, 2.45) is 0 Å². The van der Waals surface area contributed by atoms with Crippen molar-refractivity contribution in [3.8, 4) is 0 Å². The Labute approximate surface area is 174 Å². The van der Waals surface area contributed by atoms with Crippen LogP contribution in [-0.4, -0.2) is 23.4 Å². The zero-order valence-corrected chi connectivity index (χ0v) is 17.3. The highest BCUT2D eigenvalue weighted by molar-refractivity contribution is 9.10. The molecule has 0 saturated heterocycles. The highest BCUT2D eigenvalue weighted by Gasteiger charge is 2.42. The molecule has 3 nitrogen and oxygen atoms in total. The molecular formula is C24H25BrO3. The van der Waals surface area contributed by atoms with Crippen LogP contribution in [0.2, 0.25) is 0 Å². The molecule has 0 aliphatic rings. The fourth-order valence-electron chi connectivity index (χ4n) is 3.63. The number of halogens is 1. The molecule has 0 bridgehead atoms. The molecule has 0 spiro atoms.